The van der Waals surface area contributed by atoms with Crippen LogP contribution >= 0.6 is 11.8 Å². The van der Waals surface area contributed by atoms with Crippen molar-refractivity contribution in [2.45, 2.75) is 58.7 Å². The Morgan fingerprint density at radius 3 is 1.63 bits per heavy atom. The maximum absolute atomic E-state index is 10.7. The zero-order chi connectivity index (χ0) is 22.2. The normalized spacial score (nSPS) is 14.4. The van der Waals surface area contributed by atoms with Gasteiger partial charge in [0, 0.05) is 0 Å². The first-order valence-electron chi connectivity index (χ1n) is 8.66. The topological polar surface area (TPSA) is 179 Å². The maximum atomic E-state index is 10.7. The van der Waals surface area contributed by atoms with Crippen molar-refractivity contribution >= 4 is 29.7 Å². The summed E-state index contributed by atoms with van der Waals surface area (Å²) in [6.07, 6.45) is 3.48. The lowest BCUT2D eigenvalue weighted by Crippen LogP contribution is -2.36. The lowest BCUT2D eigenvalue weighted by atomic mass is 10.0. The summed E-state index contributed by atoms with van der Waals surface area (Å²) in [4.78, 5) is 30.9. The van der Waals surface area contributed by atoms with Gasteiger partial charge in [-0.3, -0.25) is 14.4 Å². The summed E-state index contributed by atoms with van der Waals surface area (Å²) in [5.74, 6) is -1.18. The third kappa shape index (κ3) is 17.8. The predicted octanol–water partition coefficient (Wildman–Crippen LogP) is 0.739. The number of carbonyl (C=O) groups excluding carboxylic acids is 1. The van der Waals surface area contributed by atoms with Gasteiger partial charge in [-0.2, -0.15) is 11.8 Å². The van der Waals surface area contributed by atoms with Crippen molar-refractivity contribution in [1.82, 2.24) is 0 Å². The standard InChI is InChI=1S/C6H13NO2S.C6H13NO2.C5H11NO2/c1-9-6(8)5(7)3-4-10-2;1-3-4(2)5(7)6(8)9;1-3(2)4(6)5(7)8/h5H,3-4,7H2,1-2H3;4-5H,3,7H2,1-2H3,(H,8,9);3-4H,6H2,1-2H3,(H,7,8)/t5-;4-,5-;4-/m100/s1. The molecule has 4 atom stereocenters. The van der Waals surface area contributed by atoms with Gasteiger partial charge in [0.15, 0.2) is 0 Å². The molecule has 0 saturated heterocycles. The van der Waals surface area contributed by atoms with Gasteiger partial charge < -0.3 is 32.2 Å². The first-order chi connectivity index (χ1) is 12.4. The van der Waals surface area contributed by atoms with Crippen LogP contribution in [-0.4, -0.2) is 65.4 Å². The summed E-state index contributed by atoms with van der Waals surface area (Å²) in [5.41, 5.74) is 15.9. The number of nitrogens with two attached hydrogens (primary N) is 3. The molecule has 0 fully saturated rings. The van der Waals surface area contributed by atoms with Gasteiger partial charge in [0.1, 0.15) is 18.1 Å². The maximum Gasteiger partial charge on any atom is 0.322 e. The zero-order valence-electron chi connectivity index (χ0n) is 17.2. The summed E-state index contributed by atoms with van der Waals surface area (Å²) in [6.45, 7) is 7.31. The van der Waals surface area contributed by atoms with Crippen LogP contribution in [0, 0.1) is 11.8 Å². The van der Waals surface area contributed by atoms with Crippen molar-refractivity contribution in [3.63, 3.8) is 0 Å². The number of carboxylic acid groups (broad SMARTS) is 2. The summed E-state index contributed by atoms with van der Waals surface area (Å²) in [5, 5.41) is 16.6. The third-order valence-corrected chi connectivity index (χ3v) is 4.33. The minimum Gasteiger partial charge on any atom is -0.480 e. The molecule has 8 N–H and O–H groups in total. The van der Waals surface area contributed by atoms with Gasteiger partial charge >= 0.3 is 17.9 Å². The van der Waals surface area contributed by atoms with Crippen LogP contribution < -0.4 is 17.2 Å². The van der Waals surface area contributed by atoms with Gasteiger partial charge in [-0.1, -0.05) is 34.1 Å². The quantitative estimate of drug-likeness (QED) is 0.340. The zero-order valence-corrected chi connectivity index (χ0v) is 18.0. The second kappa shape index (κ2) is 18.0. The fraction of sp³-hybridized carbons (Fsp3) is 0.824. The summed E-state index contributed by atoms with van der Waals surface area (Å²) < 4.78 is 4.44. The molecule has 0 heterocycles. The van der Waals surface area contributed by atoms with Crippen LogP contribution in [0.5, 0.6) is 0 Å². The van der Waals surface area contributed by atoms with Gasteiger partial charge in [0.05, 0.1) is 7.11 Å². The number of hydrogen-bond donors (Lipinski definition) is 5. The molecule has 162 valence electrons. The Kier molecular flexibility index (Phi) is 20.3. The lowest BCUT2D eigenvalue weighted by molar-refractivity contribution is -0.142. The number of hydrogen-bond acceptors (Lipinski definition) is 8. The molecule has 10 heteroatoms. The van der Waals surface area contributed by atoms with Crippen LogP contribution in [0.25, 0.3) is 0 Å². The number of aliphatic carboxylic acids is 2. The van der Waals surface area contributed by atoms with Crippen LogP contribution in [0.15, 0.2) is 0 Å². The van der Waals surface area contributed by atoms with Crippen molar-refractivity contribution < 1.29 is 29.3 Å². The molecule has 0 aliphatic rings. The number of carboxylic acids is 2. The van der Waals surface area contributed by atoms with E-state index in [4.69, 9.17) is 27.4 Å². The molecular formula is C17H37N3O6S. The summed E-state index contributed by atoms with van der Waals surface area (Å²) in [6, 6.07) is -1.86. The second-order valence-corrected chi connectivity index (χ2v) is 7.25. The smallest absolute Gasteiger partial charge is 0.322 e. The molecule has 0 aliphatic heterocycles. The number of thioether (sulfide) groups is 1. The predicted molar refractivity (Wildman–Crippen MR) is 109 cm³/mol. The van der Waals surface area contributed by atoms with Gasteiger partial charge in [0.2, 0.25) is 0 Å². The Balaban J connectivity index is -0.000000322. The average molecular weight is 412 g/mol. The highest BCUT2D eigenvalue weighted by atomic mass is 32.2. The highest BCUT2D eigenvalue weighted by Gasteiger charge is 2.17. The van der Waals surface area contributed by atoms with E-state index in [2.05, 4.69) is 4.74 Å². The Labute approximate surface area is 166 Å². The van der Waals surface area contributed by atoms with E-state index >= 15 is 0 Å². The molecule has 0 aromatic rings. The SMILES string of the molecule is CC(C)[C@H](N)C(=O)O.CC[C@H](C)[C@H](N)C(=O)O.COC(=O)[C@H](N)CCSC. The first-order valence-corrected chi connectivity index (χ1v) is 10.1. The van der Waals surface area contributed by atoms with Crippen molar-refractivity contribution in [3.05, 3.63) is 0 Å². The summed E-state index contributed by atoms with van der Waals surface area (Å²) >= 11 is 1.67. The van der Waals surface area contributed by atoms with Gasteiger partial charge in [0.25, 0.3) is 0 Å². The van der Waals surface area contributed by atoms with E-state index in [1.54, 1.807) is 25.6 Å². The molecule has 0 unspecified atom stereocenters. The number of methoxy groups -OCH3 is 1. The van der Waals surface area contributed by atoms with E-state index in [0.717, 1.165) is 12.2 Å². The molecule has 0 rings (SSSR count). The van der Waals surface area contributed by atoms with Gasteiger partial charge in [-0.25, -0.2) is 0 Å². The fourth-order valence-electron chi connectivity index (χ4n) is 1.30. The van der Waals surface area contributed by atoms with Crippen molar-refractivity contribution in [3.8, 4) is 0 Å². The van der Waals surface area contributed by atoms with Gasteiger partial charge in [-0.05, 0) is 30.3 Å². The van der Waals surface area contributed by atoms with Crippen LogP contribution in [0.2, 0.25) is 0 Å². The molecule has 0 spiro atoms. The van der Waals surface area contributed by atoms with Crippen molar-refractivity contribution in [1.29, 1.82) is 0 Å². The number of carbonyl (C=O) groups is 3. The van der Waals surface area contributed by atoms with E-state index in [9.17, 15) is 14.4 Å². The Hall–Kier alpha value is -1.36. The second-order valence-electron chi connectivity index (χ2n) is 6.27. The number of ether oxygens (including phenoxy) is 1. The molecule has 0 saturated carbocycles. The van der Waals surface area contributed by atoms with Crippen LogP contribution in [0.4, 0.5) is 0 Å². The van der Waals surface area contributed by atoms with E-state index in [-0.39, 0.29) is 17.8 Å². The Morgan fingerprint density at radius 1 is 1.00 bits per heavy atom. The lowest BCUT2D eigenvalue weighted by Gasteiger charge is -2.11. The highest BCUT2D eigenvalue weighted by molar-refractivity contribution is 7.98. The minimum atomic E-state index is -0.931. The highest BCUT2D eigenvalue weighted by Crippen LogP contribution is 2.04. The van der Waals surface area contributed by atoms with Crippen LogP contribution in [0.3, 0.4) is 0 Å². The molecule has 0 amide bonds. The molecular weight excluding hydrogens is 374 g/mol. The van der Waals surface area contributed by atoms with Crippen LogP contribution in [-0.2, 0) is 19.1 Å². The van der Waals surface area contributed by atoms with Crippen molar-refractivity contribution in [2.75, 3.05) is 19.1 Å². The van der Waals surface area contributed by atoms with E-state index < -0.39 is 30.1 Å². The van der Waals surface area contributed by atoms with E-state index in [0.29, 0.717) is 6.42 Å². The molecule has 9 nitrogen and oxygen atoms in total. The first kappa shape index (κ1) is 30.4. The number of rotatable bonds is 9. The fourth-order valence-corrected chi connectivity index (χ4v) is 1.79. The minimum absolute atomic E-state index is 0.0208. The molecule has 27 heavy (non-hydrogen) atoms. The molecule has 0 aliphatic carbocycles. The van der Waals surface area contributed by atoms with Crippen molar-refractivity contribution in [2.24, 2.45) is 29.0 Å². The largest absolute Gasteiger partial charge is 0.480 e. The molecule has 0 aromatic carbocycles. The van der Waals surface area contributed by atoms with Crippen LogP contribution in [0.1, 0.15) is 40.5 Å². The Bertz CT molecular complexity index is 423. The molecule has 0 aromatic heterocycles. The molecule has 0 bridgehead atoms. The third-order valence-electron chi connectivity index (χ3n) is 3.68. The Morgan fingerprint density at radius 2 is 1.44 bits per heavy atom. The van der Waals surface area contributed by atoms with E-state index in [1.807, 2.05) is 20.1 Å². The van der Waals surface area contributed by atoms with E-state index in [1.165, 1.54) is 7.11 Å². The average Bonchev–Trinajstić information content (AvgIpc) is 2.63. The summed E-state index contributed by atoms with van der Waals surface area (Å²) in [7, 11) is 1.35. The van der Waals surface area contributed by atoms with Gasteiger partial charge in [-0.15, -0.1) is 0 Å². The monoisotopic (exact) mass is 411 g/mol. The number of esters is 1. The molecule has 0 radical (unpaired) electrons.